The molecule has 22 heavy (non-hydrogen) atoms. The van der Waals surface area contributed by atoms with Crippen molar-refractivity contribution < 1.29 is 0 Å². The Bertz CT molecular complexity index is 912. The number of nitrogens with one attached hydrogen (secondary N) is 1. The van der Waals surface area contributed by atoms with Crippen LogP contribution in [0.5, 0.6) is 0 Å². The number of fused-ring (bicyclic) bond motifs is 1. The van der Waals surface area contributed by atoms with Crippen LogP contribution in [0.25, 0.3) is 16.9 Å². The molecule has 0 atom stereocenters. The molecule has 3 heterocycles. The molecule has 4 rings (SSSR count). The molecule has 1 N–H and O–H groups in total. The molecule has 0 aliphatic rings. The fraction of sp³-hybridized carbons (Fsp3) is 0. The highest BCUT2D eigenvalue weighted by Gasteiger charge is 2.06. The number of para-hydroxylation sites is 1. The van der Waals surface area contributed by atoms with Gasteiger partial charge in [-0.05, 0) is 18.2 Å². The van der Waals surface area contributed by atoms with E-state index in [4.69, 9.17) is 0 Å². The lowest BCUT2D eigenvalue weighted by Crippen LogP contribution is -2.00. The first-order chi connectivity index (χ1) is 10.9. The van der Waals surface area contributed by atoms with Crippen LogP contribution in [0.15, 0.2) is 61.4 Å². The molecule has 4 aromatic rings. The Kier molecular flexibility index (Phi) is 2.93. The summed E-state index contributed by atoms with van der Waals surface area (Å²) >= 11 is 0. The predicted octanol–water partition coefficient (Wildman–Crippen LogP) is 2.35. The highest BCUT2D eigenvalue weighted by atomic mass is 15.3. The fourth-order valence-electron chi connectivity index (χ4n) is 2.15. The van der Waals surface area contributed by atoms with Gasteiger partial charge in [0.2, 0.25) is 5.95 Å². The molecule has 0 radical (unpaired) electrons. The molecule has 0 aliphatic carbocycles. The first-order valence-corrected chi connectivity index (χ1v) is 6.69. The van der Waals surface area contributed by atoms with Crippen molar-refractivity contribution in [1.29, 1.82) is 0 Å². The molecule has 1 aromatic carbocycles. The normalized spacial score (nSPS) is 10.7. The van der Waals surface area contributed by atoms with Gasteiger partial charge in [0, 0.05) is 17.8 Å². The van der Waals surface area contributed by atoms with Gasteiger partial charge in [-0.15, -0.1) is 0 Å². The van der Waals surface area contributed by atoms with Crippen LogP contribution >= 0.6 is 0 Å². The quantitative estimate of drug-likeness (QED) is 0.623. The van der Waals surface area contributed by atoms with E-state index in [1.807, 2.05) is 30.5 Å². The molecule has 7 heteroatoms. The van der Waals surface area contributed by atoms with Crippen molar-refractivity contribution in [2.45, 2.75) is 0 Å². The van der Waals surface area contributed by atoms with Crippen LogP contribution in [-0.4, -0.2) is 29.7 Å². The van der Waals surface area contributed by atoms with Crippen LogP contribution < -0.4 is 5.32 Å². The molecule has 0 aliphatic heterocycles. The van der Waals surface area contributed by atoms with Crippen molar-refractivity contribution in [3.63, 3.8) is 0 Å². The minimum Gasteiger partial charge on any atom is -0.337 e. The molecular formula is C15H11N7. The molecule has 106 valence electrons. The maximum Gasteiger partial charge on any atom is 0.250 e. The third kappa shape index (κ3) is 2.24. The van der Waals surface area contributed by atoms with Gasteiger partial charge >= 0.3 is 0 Å². The second kappa shape index (κ2) is 5.21. The molecule has 7 nitrogen and oxygen atoms in total. The van der Waals surface area contributed by atoms with E-state index in [9.17, 15) is 0 Å². The Morgan fingerprint density at radius 1 is 0.909 bits per heavy atom. The van der Waals surface area contributed by atoms with Gasteiger partial charge in [0.15, 0.2) is 0 Å². The van der Waals surface area contributed by atoms with Gasteiger partial charge in [-0.25, -0.2) is 24.6 Å². The Morgan fingerprint density at radius 2 is 1.77 bits per heavy atom. The summed E-state index contributed by atoms with van der Waals surface area (Å²) in [5.74, 6) is 1.25. The molecule has 0 unspecified atom stereocenters. The van der Waals surface area contributed by atoms with E-state index in [2.05, 4.69) is 30.4 Å². The summed E-state index contributed by atoms with van der Waals surface area (Å²) in [6.07, 6.45) is 8.40. The molecule has 0 saturated heterocycles. The summed E-state index contributed by atoms with van der Waals surface area (Å²) in [4.78, 5) is 16.8. The average Bonchev–Trinajstić information content (AvgIpc) is 3.05. The van der Waals surface area contributed by atoms with E-state index < -0.39 is 0 Å². The summed E-state index contributed by atoms with van der Waals surface area (Å²) in [6, 6.07) is 9.59. The maximum atomic E-state index is 4.29. The van der Waals surface area contributed by atoms with Crippen molar-refractivity contribution in [3.05, 3.63) is 61.4 Å². The largest absolute Gasteiger partial charge is 0.337 e. The van der Waals surface area contributed by atoms with E-state index in [0.29, 0.717) is 5.95 Å². The number of nitrogens with zero attached hydrogens (tertiary/aromatic N) is 6. The van der Waals surface area contributed by atoms with Gasteiger partial charge in [-0.3, -0.25) is 0 Å². The van der Waals surface area contributed by atoms with E-state index in [1.165, 1.54) is 6.33 Å². The fourth-order valence-corrected chi connectivity index (χ4v) is 2.15. The zero-order chi connectivity index (χ0) is 14.8. The Labute approximate surface area is 125 Å². The van der Waals surface area contributed by atoms with E-state index >= 15 is 0 Å². The molecule has 0 spiro atoms. The van der Waals surface area contributed by atoms with E-state index in [0.717, 1.165) is 22.4 Å². The van der Waals surface area contributed by atoms with Gasteiger partial charge in [-0.1, -0.05) is 12.1 Å². The topological polar surface area (TPSA) is 81.4 Å². The number of rotatable bonds is 3. The summed E-state index contributed by atoms with van der Waals surface area (Å²) in [6.45, 7) is 0. The van der Waals surface area contributed by atoms with Crippen molar-refractivity contribution in [2.24, 2.45) is 0 Å². The van der Waals surface area contributed by atoms with Crippen molar-refractivity contribution in [1.82, 2.24) is 29.7 Å². The van der Waals surface area contributed by atoms with Crippen LogP contribution in [0.1, 0.15) is 0 Å². The molecule has 0 amide bonds. The number of benzene rings is 1. The van der Waals surface area contributed by atoms with Gasteiger partial charge in [0.1, 0.15) is 12.1 Å². The van der Waals surface area contributed by atoms with Crippen molar-refractivity contribution in [3.8, 4) is 5.95 Å². The third-order valence-corrected chi connectivity index (χ3v) is 3.15. The van der Waals surface area contributed by atoms with Crippen LogP contribution in [-0.2, 0) is 0 Å². The molecular weight excluding hydrogens is 278 g/mol. The minimum atomic E-state index is 0.517. The molecule has 0 saturated carbocycles. The van der Waals surface area contributed by atoms with Crippen LogP contribution in [0.3, 0.4) is 0 Å². The summed E-state index contributed by atoms with van der Waals surface area (Å²) < 4.78 is 1.60. The lowest BCUT2D eigenvalue weighted by molar-refractivity contribution is 0.808. The van der Waals surface area contributed by atoms with Crippen LogP contribution in [0.2, 0.25) is 0 Å². The van der Waals surface area contributed by atoms with Crippen molar-refractivity contribution in [2.75, 3.05) is 5.32 Å². The number of aromatic nitrogens is 6. The van der Waals surface area contributed by atoms with Gasteiger partial charge < -0.3 is 5.32 Å². The number of anilines is 2. The monoisotopic (exact) mass is 289 g/mol. The molecule has 3 aromatic heterocycles. The summed E-state index contributed by atoms with van der Waals surface area (Å²) in [7, 11) is 0. The third-order valence-electron chi connectivity index (χ3n) is 3.15. The van der Waals surface area contributed by atoms with Gasteiger partial charge in [0.05, 0.1) is 23.6 Å². The first kappa shape index (κ1) is 12.4. The smallest absolute Gasteiger partial charge is 0.250 e. The lowest BCUT2D eigenvalue weighted by atomic mass is 10.2. The standard InChI is InChI=1S/C15H11N7/c1-2-5-13-12(4-1)14(19-10-18-13)21-11-8-20-22(9-11)15-16-6-3-7-17-15/h1-10H,(H,18,19,21). The first-order valence-electron chi connectivity index (χ1n) is 6.69. The summed E-state index contributed by atoms with van der Waals surface area (Å²) in [5, 5.41) is 8.45. The zero-order valence-electron chi connectivity index (χ0n) is 11.5. The second-order valence-electron chi connectivity index (χ2n) is 4.59. The molecule has 0 fully saturated rings. The van der Waals surface area contributed by atoms with E-state index in [1.54, 1.807) is 29.3 Å². The minimum absolute atomic E-state index is 0.517. The maximum absolute atomic E-state index is 4.29. The number of hydrogen-bond donors (Lipinski definition) is 1. The predicted molar refractivity (Wildman–Crippen MR) is 82.0 cm³/mol. The SMILES string of the molecule is c1cnc(-n2cc(Nc3ncnc4ccccc34)cn2)nc1. The zero-order valence-corrected chi connectivity index (χ0v) is 11.5. The van der Waals surface area contributed by atoms with Gasteiger partial charge in [0.25, 0.3) is 0 Å². The molecule has 0 bridgehead atoms. The van der Waals surface area contributed by atoms with Gasteiger partial charge in [-0.2, -0.15) is 5.10 Å². The van der Waals surface area contributed by atoms with E-state index in [-0.39, 0.29) is 0 Å². The second-order valence-corrected chi connectivity index (χ2v) is 4.59. The Morgan fingerprint density at radius 3 is 2.68 bits per heavy atom. The highest BCUT2D eigenvalue weighted by molar-refractivity contribution is 5.90. The Balaban J connectivity index is 1.68. The Hall–Kier alpha value is -3.35. The van der Waals surface area contributed by atoms with Crippen molar-refractivity contribution >= 4 is 22.4 Å². The van der Waals surface area contributed by atoms with Crippen LogP contribution in [0, 0.1) is 0 Å². The average molecular weight is 289 g/mol. The lowest BCUT2D eigenvalue weighted by Gasteiger charge is -2.05. The number of hydrogen-bond acceptors (Lipinski definition) is 6. The van der Waals surface area contributed by atoms with Crippen LogP contribution in [0.4, 0.5) is 11.5 Å². The highest BCUT2D eigenvalue weighted by Crippen LogP contribution is 2.22. The summed E-state index contributed by atoms with van der Waals surface area (Å²) in [5.41, 5.74) is 1.69.